The van der Waals surface area contributed by atoms with E-state index in [0.717, 1.165) is 0 Å². The lowest BCUT2D eigenvalue weighted by molar-refractivity contribution is -0.155. The van der Waals surface area contributed by atoms with E-state index in [9.17, 15) is 4.79 Å². The van der Waals surface area contributed by atoms with Gasteiger partial charge in [0.15, 0.2) is 0 Å². The van der Waals surface area contributed by atoms with Crippen LogP contribution in [-0.4, -0.2) is 24.2 Å². The maximum atomic E-state index is 11.2. The van der Waals surface area contributed by atoms with E-state index in [1.807, 2.05) is 20.8 Å². The van der Waals surface area contributed by atoms with Crippen LogP contribution in [0.2, 0.25) is 0 Å². The number of carbonyl (C=O) groups is 1. The Labute approximate surface area is 87.8 Å². The van der Waals surface area contributed by atoms with E-state index in [0.29, 0.717) is 19.4 Å². The monoisotopic (exact) mass is 221 g/mol. The third-order valence-electron chi connectivity index (χ3n) is 1.45. The van der Waals surface area contributed by atoms with Crippen LogP contribution in [0.4, 0.5) is 0 Å². The molecule has 1 unspecified atom stereocenters. The molecule has 0 saturated carbocycles. The molecule has 0 spiro atoms. The summed E-state index contributed by atoms with van der Waals surface area (Å²) in [6, 6.07) is -0.111. The molecule has 0 bridgehead atoms. The van der Waals surface area contributed by atoms with Crippen molar-refractivity contribution in [2.24, 2.45) is 5.73 Å². The molecule has 0 aliphatic rings. The SMILES string of the molecule is CC(C)(C)OC(=O)CC[C@H](N)COP. The molecule has 5 heteroatoms. The molecule has 0 aromatic rings. The molecule has 14 heavy (non-hydrogen) atoms. The summed E-state index contributed by atoms with van der Waals surface area (Å²) >= 11 is 0. The molecule has 0 amide bonds. The third kappa shape index (κ3) is 8.42. The van der Waals surface area contributed by atoms with Gasteiger partial charge in [-0.2, -0.15) is 0 Å². The lowest BCUT2D eigenvalue weighted by Gasteiger charge is -2.20. The van der Waals surface area contributed by atoms with Crippen LogP contribution in [0.25, 0.3) is 0 Å². The van der Waals surface area contributed by atoms with Crippen molar-refractivity contribution in [3.63, 3.8) is 0 Å². The Kier molecular flexibility index (Phi) is 6.25. The highest BCUT2D eigenvalue weighted by Crippen LogP contribution is 2.09. The van der Waals surface area contributed by atoms with Crippen LogP contribution in [0.1, 0.15) is 33.6 Å². The zero-order chi connectivity index (χ0) is 11.2. The van der Waals surface area contributed by atoms with Gasteiger partial charge in [-0.1, -0.05) is 0 Å². The van der Waals surface area contributed by atoms with Gasteiger partial charge < -0.3 is 15.0 Å². The van der Waals surface area contributed by atoms with Crippen molar-refractivity contribution in [1.29, 1.82) is 0 Å². The van der Waals surface area contributed by atoms with Crippen molar-refractivity contribution < 1.29 is 14.1 Å². The fraction of sp³-hybridized carbons (Fsp3) is 0.889. The first-order valence-electron chi connectivity index (χ1n) is 4.64. The van der Waals surface area contributed by atoms with Gasteiger partial charge in [-0.3, -0.25) is 4.79 Å². The minimum atomic E-state index is -0.418. The van der Waals surface area contributed by atoms with E-state index in [1.54, 1.807) is 0 Å². The Morgan fingerprint density at radius 1 is 1.50 bits per heavy atom. The molecular formula is C9H20NO3P. The summed E-state index contributed by atoms with van der Waals surface area (Å²) in [7, 11) is 2.13. The first-order valence-corrected chi connectivity index (χ1v) is 5.11. The number of ether oxygens (including phenoxy) is 1. The summed E-state index contributed by atoms with van der Waals surface area (Å²) < 4.78 is 9.90. The fourth-order valence-electron chi connectivity index (χ4n) is 0.903. The topological polar surface area (TPSA) is 61.5 Å². The number of hydrogen-bond donors (Lipinski definition) is 1. The standard InChI is InChI=1S/C9H20NO3P/c1-9(2,3)13-8(11)5-4-7(10)6-12-14/h7H,4-6,10,14H2,1-3H3/t7-/m0/s1. The van der Waals surface area contributed by atoms with E-state index in [4.69, 9.17) is 15.0 Å². The lowest BCUT2D eigenvalue weighted by atomic mass is 10.1. The van der Waals surface area contributed by atoms with Gasteiger partial charge in [-0.05, 0) is 27.2 Å². The molecule has 0 saturated heterocycles. The average molecular weight is 221 g/mol. The second-order valence-electron chi connectivity index (χ2n) is 4.22. The van der Waals surface area contributed by atoms with Gasteiger partial charge in [-0.15, -0.1) is 0 Å². The largest absolute Gasteiger partial charge is 0.460 e. The molecule has 84 valence electrons. The first kappa shape index (κ1) is 13.8. The van der Waals surface area contributed by atoms with Crippen molar-refractivity contribution in [3.8, 4) is 0 Å². The minimum Gasteiger partial charge on any atom is -0.460 e. The Morgan fingerprint density at radius 3 is 2.50 bits per heavy atom. The maximum Gasteiger partial charge on any atom is 0.306 e. The smallest absolute Gasteiger partial charge is 0.306 e. The molecule has 0 rings (SSSR count). The number of nitrogens with two attached hydrogens (primary N) is 1. The molecule has 2 atom stereocenters. The van der Waals surface area contributed by atoms with Gasteiger partial charge in [0.25, 0.3) is 0 Å². The number of carbonyl (C=O) groups excluding carboxylic acids is 1. The molecule has 2 N–H and O–H groups in total. The summed E-state index contributed by atoms with van der Waals surface area (Å²) in [6.45, 7) is 5.97. The van der Waals surface area contributed by atoms with Crippen LogP contribution < -0.4 is 5.73 Å². The van der Waals surface area contributed by atoms with Gasteiger partial charge in [-0.25, -0.2) is 0 Å². The normalized spacial score (nSPS) is 13.8. The Morgan fingerprint density at radius 2 is 2.07 bits per heavy atom. The molecule has 0 aliphatic carbocycles. The molecule has 0 aromatic heterocycles. The van der Waals surface area contributed by atoms with Gasteiger partial charge in [0.2, 0.25) is 0 Å². The average Bonchev–Trinajstić information content (AvgIpc) is 1.98. The summed E-state index contributed by atoms with van der Waals surface area (Å²) in [5, 5.41) is 0. The van der Waals surface area contributed by atoms with E-state index in [1.165, 1.54) is 0 Å². The summed E-state index contributed by atoms with van der Waals surface area (Å²) in [4.78, 5) is 11.2. The van der Waals surface area contributed by atoms with Crippen LogP contribution in [0.3, 0.4) is 0 Å². The van der Waals surface area contributed by atoms with Crippen molar-refractivity contribution in [2.75, 3.05) is 6.61 Å². The molecule has 0 aliphatic heterocycles. The summed E-state index contributed by atoms with van der Waals surface area (Å²) in [5.41, 5.74) is 5.23. The van der Waals surface area contributed by atoms with Crippen LogP contribution in [0.15, 0.2) is 0 Å². The number of esters is 1. The highest BCUT2D eigenvalue weighted by Gasteiger charge is 2.16. The van der Waals surface area contributed by atoms with Gasteiger partial charge >= 0.3 is 5.97 Å². The van der Waals surface area contributed by atoms with Crippen LogP contribution in [0.5, 0.6) is 0 Å². The predicted octanol–water partition coefficient (Wildman–Crippen LogP) is 1.24. The molecule has 0 fully saturated rings. The molecular weight excluding hydrogens is 201 g/mol. The first-order chi connectivity index (χ1) is 6.35. The van der Waals surface area contributed by atoms with Gasteiger partial charge in [0, 0.05) is 21.9 Å². The quantitative estimate of drug-likeness (QED) is 0.560. The fourth-order valence-corrected chi connectivity index (χ4v) is 1.15. The van der Waals surface area contributed by atoms with Crippen molar-refractivity contribution in [2.45, 2.75) is 45.3 Å². The van der Waals surface area contributed by atoms with Crippen LogP contribution in [-0.2, 0) is 14.1 Å². The molecule has 0 radical (unpaired) electrons. The van der Waals surface area contributed by atoms with Crippen molar-refractivity contribution >= 4 is 15.4 Å². The second-order valence-corrected chi connectivity index (χ2v) is 4.55. The maximum absolute atomic E-state index is 11.2. The number of rotatable bonds is 5. The van der Waals surface area contributed by atoms with E-state index >= 15 is 0 Å². The van der Waals surface area contributed by atoms with E-state index in [-0.39, 0.29) is 12.0 Å². The molecule has 0 aromatic carbocycles. The van der Waals surface area contributed by atoms with Crippen LogP contribution >= 0.6 is 9.47 Å². The zero-order valence-corrected chi connectivity index (χ0v) is 10.2. The highest BCUT2D eigenvalue weighted by molar-refractivity contribution is 7.09. The van der Waals surface area contributed by atoms with Crippen LogP contribution in [0, 0.1) is 0 Å². The number of hydrogen-bond acceptors (Lipinski definition) is 4. The highest BCUT2D eigenvalue weighted by atomic mass is 31.0. The summed E-state index contributed by atoms with van der Waals surface area (Å²) in [6.07, 6.45) is 0.926. The molecule has 0 heterocycles. The van der Waals surface area contributed by atoms with E-state index < -0.39 is 5.60 Å². The third-order valence-corrected chi connectivity index (χ3v) is 1.64. The van der Waals surface area contributed by atoms with Gasteiger partial charge in [0.05, 0.1) is 6.61 Å². The van der Waals surface area contributed by atoms with Crippen molar-refractivity contribution in [3.05, 3.63) is 0 Å². The Balaban J connectivity index is 3.64. The second kappa shape index (κ2) is 6.33. The van der Waals surface area contributed by atoms with E-state index in [2.05, 4.69) is 9.47 Å². The van der Waals surface area contributed by atoms with Gasteiger partial charge in [0.1, 0.15) is 5.60 Å². The Hall–Kier alpha value is -0.180. The summed E-state index contributed by atoms with van der Waals surface area (Å²) in [5.74, 6) is -0.211. The predicted molar refractivity (Wildman–Crippen MR) is 58.7 cm³/mol. The lowest BCUT2D eigenvalue weighted by Crippen LogP contribution is -2.28. The zero-order valence-electron chi connectivity index (χ0n) is 9.08. The molecule has 4 nitrogen and oxygen atoms in total. The van der Waals surface area contributed by atoms with Crippen molar-refractivity contribution in [1.82, 2.24) is 0 Å². The Bertz CT molecular complexity index is 179. The minimum absolute atomic E-state index is 0.111.